The van der Waals surface area contributed by atoms with Gasteiger partial charge in [0.25, 0.3) is 0 Å². The van der Waals surface area contributed by atoms with Gasteiger partial charge >= 0.3 is 0 Å². The van der Waals surface area contributed by atoms with Crippen LogP contribution in [0.2, 0.25) is 0 Å². The van der Waals surface area contributed by atoms with Crippen LogP contribution >= 0.6 is 0 Å². The number of hydrogen-bond donors (Lipinski definition) is 0. The molecule has 0 spiro atoms. The number of rotatable bonds is 1. The molecule has 4 aliphatic carbocycles. The normalized spacial score (nSPS) is 46.5. The third-order valence-electron chi connectivity index (χ3n) is 7.57. The number of ketones is 2. The van der Waals surface area contributed by atoms with Gasteiger partial charge < -0.3 is 0 Å². The summed E-state index contributed by atoms with van der Waals surface area (Å²) < 4.78 is 0. The maximum absolute atomic E-state index is 12.0. The van der Waals surface area contributed by atoms with Crippen molar-refractivity contribution >= 4 is 11.6 Å². The average Bonchev–Trinajstić information content (AvgIpc) is 2.93. The van der Waals surface area contributed by atoms with E-state index in [0.29, 0.717) is 23.5 Å². The summed E-state index contributed by atoms with van der Waals surface area (Å²) in [6.07, 6.45) is 10.5. The number of fused-ring (bicyclic) bond motifs is 5. The molecule has 0 bridgehead atoms. The predicted octanol–water partition coefficient (Wildman–Crippen LogP) is 4.25. The molecule has 0 amide bonds. The summed E-state index contributed by atoms with van der Waals surface area (Å²) in [4.78, 5) is 24.0. The fourth-order valence-electron chi connectivity index (χ4n) is 6.53. The molecule has 0 aromatic rings. The van der Waals surface area contributed by atoms with Crippen molar-refractivity contribution in [2.75, 3.05) is 0 Å². The highest BCUT2D eigenvalue weighted by Crippen LogP contribution is 2.65. The molecule has 0 N–H and O–H groups in total. The van der Waals surface area contributed by atoms with Gasteiger partial charge in [-0.05, 0) is 79.3 Å². The fraction of sp³-hybridized carbons (Fsp3) is 0.700. The largest absolute Gasteiger partial charge is 0.295 e. The van der Waals surface area contributed by atoms with E-state index in [1.54, 1.807) is 6.92 Å². The lowest BCUT2D eigenvalue weighted by Crippen LogP contribution is -2.48. The Bertz CT molecular complexity index is 626. The lowest BCUT2D eigenvalue weighted by atomic mass is 9.48. The summed E-state index contributed by atoms with van der Waals surface area (Å²) in [5.74, 6) is 2.53. The van der Waals surface area contributed by atoms with E-state index in [9.17, 15) is 9.59 Å². The number of allylic oxidation sites excluding steroid dienone is 4. The van der Waals surface area contributed by atoms with Gasteiger partial charge in [0.05, 0.1) is 0 Å². The molecule has 2 heteroatoms. The molecule has 0 aliphatic heterocycles. The number of carbonyl (C=O) groups is 2. The van der Waals surface area contributed by atoms with Gasteiger partial charge in [-0.3, -0.25) is 9.59 Å². The second kappa shape index (κ2) is 4.43. The van der Waals surface area contributed by atoms with Gasteiger partial charge in [0, 0.05) is 6.42 Å². The summed E-state index contributed by atoms with van der Waals surface area (Å²) in [7, 11) is 0. The molecule has 4 rings (SSSR count). The van der Waals surface area contributed by atoms with Crippen LogP contribution in [0.5, 0.6) is 0 Å². The van der Waals surface area contributed by atoms with Gasteiger partial charge in [0.15, 0.2) is 11.6 Å². The Kier molecular flexibility index (Phi) is 2.90. The predicted molar refractivity (Wildman–Crippen MR) is 86.2 cm³/mol. The van der Waals surface area contributed by atoms with Gasteiger partial charge in [0.1, 0.15) is 0 Å². The Labute approximate surface area is 133 Å². The third kappa shape index (κ3) is 1.67. The molecule has 0 aromatic carbocycles. The zero-order chi connectivity index (χ0) is 15.7. The molecule has 22 heavy (non-hydrogen) atoms. The van der Waals surface area contributed by atoms with Crippen molar-refractivity contribution < 1.29 is 9.59 Å². The molecule has 0 aromatic heterocycles. The van der Waals surface area contributed by atoms with Crippen LogP contribution in [0.25, 0.3) is 0 Å². The van der Waals surface area contributed by atoms with Crippen molar-refractivity contribution in [2.24, 2.45) is 28.6 Å². The minimum atomic E-state index is 0.0905. The molecule has 5 atom stereocenters. The molecule has 118 valence electrons. The van der Waals surface area contributed by atoms with Gasteiger partial charge in [-0.1, -0.05) is 25.5 Å². The minimum absolute atomic E-state index is 0.0905. The van der Waals surface area contributed by atoms with Crippen molar-refractivity contribution in [1.29, 1.82) is 0 Å². The van der Waals surface area contributed by atoms with Crippen molar-refractivity contribution in [3.05, 3.63) is 23.3 Å². The first-order valence-electron chi connectivity index (χ1n) is 8.82. The second-order valence-electron chi connectivity index (χ2n) is 8.51. The molecule has 2 fully saturated rings. The maximum Gasteiger partial charge on any atom is 0.156 e. The first kappa shape index (κ1) is 14.4. The van der Waals surface area contributed by atoms with Gasteiger partial charge in [0.2, 0.25) is 0 Å². The molecule has 4 aliphatic rings. The molecule has 2 saturated carbocycles. The Morgan fingerprint density at radius 3 is 2.68 bits per heavy atom. The minimum Gasteiger partial charge on any atom is -0.295 e. The highest BCUT2D eigenvalue weighted by Gasteiger charge is 2.58. The van der Waals surface area contributed by atoms with Gasteiger partial charge in [-0.25, -0.2) is 0 Å². The number of carbonyl (C=O) groups excluding carboxylic acids is 2. The molecule has 2 nitrogen and oxygen atoms in total. The fourth-order valence-corrected chi connectivity index (χ4v) is 6.53. The van der Waals surface area contributed by atoms with Crippen molar-refractivity contribution in [3.8, 4) is 0 Å². The summed E-state index contributed by atoms with van der Waals surface area (Å²) in [5.41, 5.74) is 2.71. The van der Waals surface area contributed by atoms with Crippen LogP contribution < -0.4 is 0 Å². The smallest absolute Gasteiger partial charge is 0.156 e. The highest BCUT2D eigenvalue weighted by atomic mass is 16.1. The first-order chi connectivity index (χ1) is 10.4. The lowest BCUT2D eigenvalue weighted by Gasteiger charge is -2.55. The zero-order valence-electron chi connectivity index (χ0n) is 13.9. The Morgan fingerprint density at radius 1 is 1.18 bits per heavy atom. The quantitative estimate of drug-likeness (QED) is 0.725. The van der Waals surface area contributed by atoms with E-state index in [1.807, 2.05) is 6.08 Å². The third-order valence-corrected chi connectivity index (χ3v) is 7.57. The molecule has 0 radical (unpaired) electrons. The molecular weight excluding hydrogens is 272 g/mol. The standard InChI is InChI=1S/C20H26O2/c1-12(21)16-6-7-17-15-5-4-13-10-14(22)11-20(13,3)18(15)8-9-19(16,17)2/h6,10,15,17-18H,4-5,7-9,11H2,1-3H3/t15-,17-,18-,19+,20-/m0/s1. The number of Topliss-reactive ketones (excluding diaryl/α,β-unsaturated/α-hetero) is 1. The van der Waals surface area contributed by atoms with E-state index in [0.717, 1.165) is 31.3 Å². The van der Waals surface area contributed by atoms with Gasteiger partial charge in [-0.15, -0.1) is 0 Å². The zero-order valence-corrected chi connectivity index (χ0v) is 13.9. The van der Waals surface area contributed by atoms with Crippen molar-refractivity contribution in [3.63, 3.8) is 0 Å². The maximum atomic E-state index is 12.0. The molecule has 0 heterocycles. The van der Waals surface area contributed by atoms with Crippen molar-refractivity contribution in [1.82, 2.24) is 0 Å². The van der Waals surface area contributed by atoms with Gasteiger partial charge in [-0.2, -0.15) is 0 Å². The Balaban J connectivity index is 1.68. The van der Waals surface area contributed by atoms with Crippen LogP contribution in [0.3, 0.4) is 0 Å². The monoisotopic (exact) mass is 298 g/mol. The topological polar surface area (TPSA) is 34.1 Å². The summed E-state index contributed by atoms with van der Waals surface area (Å²) >= 11 is 0. The molecular formula is C20H26O2. The van der Waals surface area contributed by atoms with E-state index >= 15 is 0 Å². The van der Waals surface area contributed by atoms with E-state index in [1.165, 1.54) is 18.4 Å². The summed E-state index contributed by atoms with van der Waals surface area (Å²) in [5, 5.41) is 0. The van der Waals surface area contributed by atoms with Crippen LogP contribution in [0.4, 0.5) is 0 Å². The number of hydrogen-bond acceptors (Lipinski definition) is 2. The second-order valence-corrected chi connectivity index (χ2v) is 8.51. The van der Waals surface area contributed by atoms with Crippen LogP contribution in [0.15, 0.2) is 23.3 Å². The van der Waals surface area contributed by atoms with Crippen LogP contribution in [-0.4, -0.2) is 11.6 Å². The summed E-state index contributed by atoms with van der Waals surface area (Å²) in [6.45, 7) is 6.38. The van der Waals surface area contributed by atoms with Crippen molar-refractivity contribution in [2.45, 2.75) is 59.3 Å². The van der Waals surface area contributed by atoms with Crippen LogP contribution in [0, 0.1) is 28.6 Å². The molecule has 0 saturated heterocycles. The van der Waals surface area contributed by atoms with E-state index in [4.69, 9.17) is 0 Å². The highest BCUT2D eigenvalue weighted by molar-refractivity contribution is 5.95. The Hall–Kier alpha value is -1.18. The first-order valence-corrected chi connectivity index (χ1v) is 8.82. The average molecular weight is 298 g/mol. The summed E-state index contributed by atoms with van der Waals surface area (Å²) in [6, 6.07) is 0. The lowest BCUT2D eigenvalue weighted by molar-refractivity contribution is -0.117. The van der Waals surface area contributed by atoms with E-state index < -0.39 is 0 Å². The SMILES string of the molecule is CC(=O)C1=CC[C@H]2[C@@H]3CCC4=CC(=O)C[C@]4(C)[C@H]3CC[C@]12C. The van der Waals surface area contributed by atoms with E-state index in [2.05, 4.69) is 19.9 Å². The molecule has 0 unspecified atom stereocenters. The van der Waals surface area contributed by atoms with Crippen LogP contribution in [0.1, 0.15) is 59.3 Å². The van der Waals surface area contributed by atoms with Crippen LogP contribution in [-0.2, 0) is 9.59 Å². The van der Waals surface area contributed by atoms with E-state index in [-0.39, 0.29) is 16.6 Å². The Morgan fingerprint density at radius 2 is 1.95 bits per heavy atom.